The quantitative estimate of drug-likeness (QED) is 0.390. The fourth-order valence-corrected chi connectivity index (χ4v) is 1.70. The molecule has 0 spiro atoms. The molecule has 1 saturated heterocycles. The van der Waals surface area contributed by atoms with E-state index in [0.717, 1.165) is 19.3 Å². The van der Waals surface area contributed by atoms with E-state index in [1.165, 1.54) is 0 Å². The van der Waals surface area contributed by atoms with Gasteiger partial charge in [0.05, 0.1) is 0 Å². The Labute approximate surface area is 69.8 Å². The van der Waals surface area contributed by atoms with E-state index in [1.807, 2.05) is 0 Å². The number of fused-ring (bicyclic) bond motifs is 1. The molecule has 2 atom stereocenters. The lowest BCUT2D eigenvalue weighted by Gasteiger charge is -2.14. The van der Waals surface area contributed by atoms with Gasteiger partial charge in [-0.1, -0.05) is 0 Å². The Hall–Kier alpha value is -1.06. The van der Waals surface area contributed by atoms with Crippen molar-refractivity contribution in [2.24, 2.45) is 0 Å². The van der Waals surface area contributed by atoms with E-state index in [2.05, 4.69) is 0 Å². The second kappa shape index (κ2) is 2.77. The zero-order chi connectivity index (χ0) is 8.55. The summed E-state index contributed by atoms with van der Waals surface area (Å²) in [4.78, 5) is 21.8. The number of hydrogen-bond donors (Lipinski definition) is 0. The zero-order valence-electron chi connectivity index (χ0n) is 6.62. The molecule has 0 aromatic rings. The lowest BCUT2D eigenvalue weighted by atomic mass is 10.3. The molecular formula is C8H10O4. The fraction of sp³-hybridized carbons (Fsp3) is 0.750. The maximum Gasteiger partial charge on any atom is 0.317 e. The van der Waals surface area contributed by atoms with Gasteiger partial charge in [0.15, 0.2) is 0 Å². The van der Waals surface area contributed by atoms with Crippen molar-refractivity contribution >= 4 is 11.9 Å². The SMILES string of the molecule is O=C1CC(=O)OC2CCCC2O1. The summed E-state index contributed by atoms with van der Waals surface area (Å²) in [5.74, 6) is -0.899. The van der Waals surface area contributed by atoms with Gasteiger partial charge in [0.2, 0.25) is 0 Å². The van der Waals surface area contributed by atoms with E-state index in [0.29, 0.717) is 0 Å². The van der Waals surface area contributed by atoms with Crippen LogP contribution in [0.4, 0.5) is 0 Å². The molecule has 4 nitrogen and oxygen atoms in total. The van der Waals surface area contributed by atoms with Gasteiger partial charge in [0, 0.05) is 0 Å². The number of hydrogen-bond acceptors (Lipinski definition) is 4. The van der Waals surface area contributed by atoms with Gasteiger partial charge < -0.3 is 9.47 Å². The Morgan fingerprint density at radius 1 is 1.00 bits per heavy atom. The standard InChI is InChI=1S/C8H10O4/c9-7-4-8(10)12-6-3-1-2-5(6)11-7/h5-6H,1-4H2. The van der Waals surface area contributed by atoms with Gasteiger partial charge in [0.25, 0.3) is 0 Å². The van der Waals surface area contributed by atoms with Gasteiger partial charge >= 0.3 is 11.9 Å². The summed E-state index contributed by atoms with van der Waals surface area (Å²) < 4.78 is 10.0. The molecule has 66 valence electrons. The molecule has 0 radical (unpaired) electrons. The van der Waals surface area contributed by atoms with Gasteiger partial charge in [-0.05, 0) is 19.3 Å². The van der Waals surface area contributed by atoms with Crippen molar-refractivity contribution in [2.75, 3.05) is 0 Å². The van der Waals surface area contributed by atoms with E-state index in [1.54, 1.807) is 0 Å². The molecule has 2 rings (SSSR count). The van der Waals surface area contributed by atoms with Gasteiger partial charge in [-0.2, -0.15) is 0 Å². The predicted octanol–water partition coefficient (Wildman–Crippen LogP) is 0.398. The molecular weight excluding hydrogens is 160 g/mol. The second-order valence-corrected chi connectivity index (χ2v) is 3.16. The minimum absolute atomic E-state index is 0.177. The predicted molar refractivity (Wildman–Crippen MR) is 38.2 cm³/mol. The highest BCUT2D eigenvalue weighted by atomic mass is 16.6. The first-order valence-corrected chi connectivity index (χ1v) is 4.14. The molecule has 0 aromatic carbocycles. The van der Waals surface area contributed by atoms with Crippen molar-refractivity contribution in [1.29, 1.82) is 0 Å². The first-order chi connectivity index (χ1) is 5.75. The second-order valence-electron chi connectivity index (χ2n) is 3.16. The van der Waals surface area contributed by atoms with Crippen molar-refractivity contribution in [3.8, 4) is 0 Å². The van der Waals surface area contributed by atoms with Crippen LogP contribution in [-0.4, -0.2) is 24.1 Å². The summed E-state index contributed by atoms with van der Waals surface area (Å²) in [6, 6.07) is 0. The van der Waals surface area contributed by atoms with Gasteiger partial charge in [0.1, 0.15) is 18.6 Å². The first kappa shape index (κ1) is 7.58. The number of ether oxygens (including phenoxy) is 2. The molecule has 0 N–H and O–H groups in total. The van der Waals surface area contributed by atoms with E-state index in [4.69, 9.17) is 9.47 Å². The van der Waals surface area contributed by atoms with Crippen LogP contribution in [0, 0.1) is 0 Å². The lowest BCUT2D eigenvalue weighted by Crippen LogP contribution is -2.25. The number of carbonyl (C=O) groups excluding carboxylic acids is 2. The third-order valence-electron chi connectivity index (χ3n) is 2.25. The van der Waals surface area contributed by atoms with Crippen LogP contribution in [0.25, 0.3) is 0 Å². The summed E-state index contributed by atoms with van der Waals surface area (Å²) in [6.07, 6.45) is 2.03. The molecule has 1 saturated carbocycles. The molecule has 1 aliphatic carbocycles. The molecule has 2 unspecified atom stereocenters. The number of rotatable bonds is 0. The minimum atomic E-state index is -0.450. The highest BCUT2D eigenvalue weighted by molar-refractivity contribution is 5.91. The molecule has 1 heterocycles. The Kier molecular flexibility index (Phi) is 1.75. The van der Waals surface area contributed by atoms with E-state index in [-0.39, 0.29) is 18.6 Å². The van der Waals surface area contributed by atoms with Crippen molar-refractivity contribution in [3.05, 3.63) is 0 Å². The average Bonchev–Trinajstić information content (AvgIpc) is 2.31. The van der Waals surface area contributed by atoms with Crippen LogP contribution in [0.2, 0.25) is 0 Å². The highest BCUT2D eigenvalue weighted by Gasteiger charge is 2.36. The molecule has 0 amide bonds. The monoisotopic (exact) mass is 170 g/mol. The van der Waals surface area contributed by atoms with E-state index >= 15 is 0 Å². The Morgan fingerprint density at radius 3 is 2.00 bits per heavy atom. The van der Waals surface area contributed by atoms with E-state index < -0.39 is 11.9 Å². The zero-order valence-corrected chi connectivity index (χ0v) is 6.62. The summed E-state index contributed by atoms with van der Waals surface area (Å²) in [7, 11) is 0. The summed E-state index contributed by atoms with van der Waals surface area (Å²) in [6.45, 7) is 0. The van der Waals surface area contributed by atoms with Crippen LogP contribution >= 0.6 is 0 Å². The average molecular weight is 170 g/mol. The summed E-state index contributed by atoms with van der Waals surface area (Å²) in [5.41, 5.74) is 0. The van der Waals surface area contributed by atoms with Crippen molar-refractivity contribution in [2.45, 2.75) is 37.9 Å². The van der Waals surface area contributed by atoms with Crippen LogP contribution in [-0.2, 0) is 19.1 Å². The van der Waals surface area contributed by atoms with Crippen LogP contribution in [0.15, 0.2) is 0 Å². The van der Waals surface area contributed by atoms with Crippen LogP contribution in [0.3, 0.4) is 0 Å². The molecule has 4 heteroatoms. The van der Waals surface area contributed by atoms with Gasteiger partial charge in [-0.3, -0.25) is 9.59 Å². The number of esters is 2. The largest absolute Gasteiger partial charge is 0.458 e. The highest BCUT2D eigenvalue weighted by Crippen LogP contribution is 2.27. The molecule has 1 aliphatic heterocycles. The summed E-state index contributed by atoms with van der Waals surface area (Å²) >= 11 is 0. The number of carbonyl (C=O) groups is 2. The van der Waals surface area contributed by atoms with Crippen LogP contribution < -0.4 is 0 Å². The van der Waals surface area contributed by atoms with Gasteiger partial charge in [-0.15, -0.1) is 0 Å². The first-order valence-electron chi connectivity index (χ1n) is 4.14. The third-order valence-corrected chi connectivity index (χ3v) is 2.25. The smallest absolute Gasteiger partial charge is 0.317 e. The normalized spacial score (nSPS) is 35.0. The molecule has 2 fully saturated rings. The Balaban J connectivity index is 2.12. The Bertz CT molecular complexity index is 201. The molecule has 0 bridgehead atoms. The molecule has 2 aliphatic rings. The maximum absolute atomic E-state index is 10.9. The van der Waals surface area contributed by atoms with Crippen LogP contribution in [0.5, 0.6) is 0 Å². The summed E-state index contributed by atoms with van der Waals surface area (Å²) in [5, 5.41) is 0. The van der Waals surface area contributed by atoms with Crippen molar-refractivity contribution in [3.63, 3.8) is 0 Å². The Morgan fingerprint density at radius 2 is 1.50 bits per heavy atom. The topological polar surface area (TPSA) is 52.6 Å². The maximum atomic E-state index is 10.9. The lowest BCUT2D eigenvalue weighted by molar-refractivity contribution is -0.148. The molecule has 12 heavy (non-hydrogen) atoms. The van der Waals surface area contributed by atoms with Gasteiger partial charge in [-0.25, -0.2) is 0 Å². The van der Waals surface area contributed by atoms with Crippen molar-refractivity contribution < 1.29 is 19.1 Å². The van der Waals surface area contributed by atoms with E-state index in [9.17, 15) is 9.59 Å². The minimum Gasteiger partial charge on any atom is -0.458 e. The fourth-order valence-electron chi connectivity index (χ4n) is 1.70. The van der Waals surface area contributed by atoms with Crippen LogP contribution in [0.1, 0.15) is 25.7 Å². The third kappa shape index (κ3) is 1.29. The molecule has 0 aromatic heterocycles. The van der Waals surface area contributed by atoms with Crippen molar-refractivity contribution in [1.82, 2.24) is 0 Å².